The van der Waals surface area contributed by atoms with Crippen LogP contribution in [0, 0.1) is 5.92 Å². The van der Waals surface area contributed by atoms with Gasteiger partial charge in [0.15, 0.2) is 0 Å². The van der Waals surface area contributed by atoms with Crippen molar-refractivity contribution in [1.82, 2.24) is 4.98 Å². The molecule has 1 aromatic heterocycles. The zero-order chi connectivity index (χ0) is 17.4. The Balaban J connectivity index is 1.69. The Morgan fingerprint density at radius 1 is 1.16 bits per heavy atom. The number of carbonyl (C=O) groups is 1. The molecular formula is C21H20N2O2. The summed E-state index contributed by atoms with van der Waals surface area (Å²) in [6.45, 7) is 2.20. The normalized spacial score (nSPS) is 16.4. The lowest BCUT2D eigenvalue weighted by Gasteiger charge is -2.21. The number of benzene rings is 2. The summed E-state index contributed by atoms with van der Waals surface area (Å²) in [6, 6.07) is 15.4. The lowest BCUT2D eigenvalue weighted by molar-refractivity contribution is 0.102. The average molecular weight is 332 g/mol. The van der Waals surface area contributed by atoms with Gasteiger partial charge in [0.05, 0.1) is 0 Å². The van der Waals surface area contributed by atoms with E-state index < -0.39 is 0 Å². The highest BCUT2D eigenvalue weighted by Gasteiger charge is 2.20. The fourth-order valence-electron chi connectivity index (χ4n) is 3.58. The van der Waals surface area contributed by atoms with E-state index in [2.05, 4.69) is 17.2 Å². The van der Waals surface area contributed by atoms with Crippen LogP contribution in [0.25, 0.3) is 10.8 Å². The number of nitrogens with one attached hydrogen (secondary N) is 2. The quantitative estimate of drug-likeness (QED) is 0.747. The smallest absolute Gasteiger partial charge is 0.261 e. The van der Waals surface area contributed by atoms with Crippen molar-refractivity contribution < 1.29 is 4.79 Å². The number of rotatable bonds is 2. The van der Waals surface area contributed by atoms with Crippen LogP contribution in [-0.2, 0) is 12.8 Å². The van der Waals surface area contributed by atoms with Gasteiger partial charge in [0, 0.05) is 16.8 Å². The van der Waals surface area contributed by atoms with Crippen molar-refractivity contribution in [3.05, 3.63) is 75.7 Å². The number of aromatic nitrogens is 1. The van der Waals surface area contributed by atoms with Crippen molar-refractivity contribution >= 4 is 22.4 Å². The first-order valence-corrected chi connectivity index (χ1v) is 8.66. The summed E-state index contributed by atoms with van der Waals surface area (Å²) in [5.74, 6) is 0.214. The van der Waals surface area contributed by atoms with E-state index in [1.807, 2.05) is 42.5 Å². The number of aromatic amines is 1. The maximum Gasteiger partial charge on any atom is 0.261 e. The molecule has 4 heteroatoms. The van der Waals surface area contributed by atoms with Crippen molar-refractivity contribution in [3.63, 3.8) is 0 Å². The van der Waals surface area contributed by atoms with Gasteiger partial charge in [-0.25, -0.2) is 0 Å². The van der Waals surface area contributed by atoms with Gasteiger partial charge in [-0.05, 0) is 48.3 Å². The SMILES string of the molecule is CC1CCc2[nH]c(=O)c(C(=O)Nc3cccc4ccccc34)cc2C1. The molecule has 0 radical (unpaired) electrons. The van der Waals surface area contributed by atoms with Gasteiger partial charge in [-0.2, -0.15) is 0 Å². The number of pyridine rings is 1. The molecule has 0 saturated heterocycles. The van der Waals surface area contributed by atoms with Gasteiger partial charge in [0.2, 0.25) is 0 Å². The van der Waals surface area contributed by atoms with Gasteiger partial charge in [0.1, 0.15) is 5.56 Å². The molecule has 0 spiro atoms. The Labute approximate surface area is 145 Å². The molecule has 0 bridgehead atoms. The van der Waals surface area contributed by atoms with Crippen molar-refractivity contribution in [2.75, 3.05) is 5.32 Å². The van der Waals surface area contributed by atoms with E-state index in [4.69, 9.17) is 0 Å². The fraction of sp³-hybridized carbons (Fsp3) is 0.238. The zero-order valence-corrected chi connectivity index (χ0v) is 14.1. The molecular weight excluding hydrogens is 312 g/mol. The minimum absolute atomic E-state index is 0.181. The number of carbonyl (C=O) groups excluding carboxylic acids is 1. The Morgan fingerprint density at radius 3 is 2.84 bits per heavy atom. The number of H-pyrrole nitrogens is 1. The largest absolute Gasteiger partial charge is 0.325 e. The topological polar surface area (TPSA) is 62.0 Å². The van der Waals surface area contributed by atoms with Gasteiger partial charge >= 0.3 is 0 Å². The molecule has 1 heterocycles. The van der Waals surface area contributed by atoms with Crippen LogP contribution in [0.5, 0.6) is 0 Å². The maximum atomic E-state index is 12.7. The minimum Gasteiger partial charge on any atom is -0.325 e. The predicted molar refractivity (Wildman–Crippen MR) is 100 cm³/mol. The van der Waals surface area contributed by atoms with Crippen LogP contribution in [0.15, 0.2) is 53.3 Å². The molecule has 2 aromatic carbocycles. The molecule has 1 aliphatic rings. The summed E-state index contributed by atoms with van der Waals surface area (Å²) < 4.78 is 0. The highest BCUT2D eigenvalue weighted by atomic mass is 16.2. The van der Waals surface area contributed by atoms with Crippen LogP contribution < -0.4 is 10.9 Å². The minimum atomic E-state index is -0.362. The Bertz CT molecular complexity index is 1010. The van der Waals surface area contributed by atoms with Crippen LogP contribution in [0.3, 0.4) is 0 Å². The molecule has 0 saturated carbocycles. The molecule has 0 fully saturated rings. The monoisotopic (exact) mass is 332 g/mol. The first-order chi connectivity index (χ1) is 12.1. The summed E-state index contributed by atoms with van der Waals surface area (Å²) in [7, 11) is 0. The van der Waals surface area contributed by atoms with E-state index in [1.165, 1.54) is 0 Å². The first-order valence-electron chi connectivity index (χ1n) is 8.66. The second-order valence-corrected chi connectivity index (χ2v) is 6.84. The molecule has 25 heavy (non-hydrogen) atoms. The van der Waals surface area contributed by atoms with Crippen molar-refractivity contribution in [1.29, 1.82) is 0 Å². The Hall–Kier alpha value is -2.88. The first kappa shape index (κ1) is 15.6. The number of hydrogen-bond acceptors (Lipinski definition) is 2. The Kier molecular flexibility index (Phi) is 3.88. The summed E-state index contributed by atoms with van der Waals surface area (Å²) in [5, 5.41) is 4.91. The third kappa shape index (κ3) is 2.95. The number of hydrogen-bond donors (Lipinski definition) is 2. The summed E-state index contributed by atoms with van der Waals surface area (Å²) >= 11 is 0. The van der Waals surface area contributed by atoms with Gasteiger partial charge in [-0.15, -0.1) is 0 Å². The number of amides is 1. The van der Waals surface area contributed by atoms with Gasteiger partial charge in [-0.3, -0.25) is 9.59 Å². The molecule has 1 amide bonds. The van der Waals surface area contributed by atoms with Crippen LogP contribution in [0.4, 0.5) is 5.69 Å². The van der Waals surface area contributed by atoms with Gasteiger partial charge in [-0.1, -0.05) is 43.3 Å². The Morgan fingerprint density at radius 2 is 1.96 bits per heavy atom. The zero-order valence-electron chi connectivity index (χ0n) is 14.1. The second kappa shape index (κ2) is 6.20. The maximum absolute atomic E-state index is 12.7. The predicted octanol–water partition coefficient (Wildman–Crippen LogP) is 3.91. The molecule has 1 atom stereocenters. The molecule has 2 N–H and O–H groups in total. The van der Waals surface area contributed by atoms with E-state index in [0.717, 1.165) is 41.3 Å². The highest BCUT2D eigenvalue weighted by Crippen LogP contribution is 2.25. The number of anilines is 1. The van der Waals surface area contributed by atoms with Crippen LogP contribution >= 0.6 is 0 Å². The average Bonchev–Trinajstić information content (AvgIpc) is 2.62. The highest BCUT2D eigenvalue weighted by molar-refractivity contribution is 6.09. The standard InChI is InChI=1S/C21H20N2O2/c1-13-9-10-18-15(11-13)12-17(20(24)22-18)21(25)23-19-8-4-6-14-5-2-3-7-16(14)19/h2-8,12-13H,9-11H2,1H3,(H,22,24)(H,23,25). The third-order valence-electron chi connectivity index (χ3n) is 4.95. The van der Waals surface area contributed by atoms with Crippen molar-refractivity contribution in [3.8, 4) is 0 Å². The van der Waals surface area contributed by atoms with Crippen molar-refractivity contribution in [2.24, 2.45) is 5.92 Å². The van der Waals surface area contributed by atoms with Crippen LogP contribution in [0.2, 0.25) is 0 Å². The van der Waals surface area contributed by atoms with Gasteiger partial charge in [0.25, 0.3) is 11.5 Å². The number of fused-ring (bicyclic) bond motifs is 2. The van der Waals surface area contributed by atoms with E-state index in [9.17, 15) is 9.59 Å². The summed E-state index contributed by atoms with van der Waals surface area (Å²) in [4.78, 5) is 28.0. The van der Waals surface area contributed by atoms with Crippen LogP contribution in [-0.4, -0.2) is 10.9 Å². The summed E-state index contributed by atoms with van der Waals surface area (Å²) in [5.41, 5.74) is 2.65. The van der Waals surface area contributed by atoms with E-state index in [1.54, 1.807) is 6.07 Å². The lowest BCUT2D eigenvalue weighted by atomic mass is 9.87. The lowest BCUT2D eigenvalue weighted by Crippen LogP contribution is -2.27. The molecule has 1 aliphatic carbocycles. The number of aryl methyl sites for hydroxylation is 1. The van der Waals surface area contributed by atoms with Gasteiger partial charge < -0.3 is 10.3 Å². The van der Waals surface area contributed by atoms with E-state index >= 15 is 0 Å². The van der Waals surface area contributed by atoms with Crippen molar-refractivity contribution in [2.45, 2.75) is 26.2 Å². The second-order valence-electron chi connectivity index (χ2n) is 6.84. The molecule has 0 aliphatic heterocycles. The van der Waals surface area contributed by atoms with E-state index in [-0.39, 0.29) is 17.0 Å². The summed E-state index contributed by atoms with van der Waals surface area (Å²) in [6.07, 6.45) is 2.85. The molecule has 3 aromatic rings. The van der Waals surface area contributed by atoms with E-state index in [0.29, 0.717) is 11.6 Å². The third-order valence-corrected chi connectivity index (χ3v) is 4.95. The molecule has 4 nitrogen and oxygen atoms in total. The van der Waals surface area contributed by atoms with Crippen LogP contribution in [0.1, 0.15) is 35.0 Å². The molecule has 4 rings (SSSR count). The fourth-order valence-corrected chi connectivity index (χ4v) is 3.58. The molecule has 1 unspecified atom stereocenters. The molecule has 126 valence electrons.